The van der Waals surface area contributed by atoms with Crippen LogP contribution in [-0.4, -0.2) is 6.61 Å². The van der Waals surface area contributed by atoms with Crippen LogP contribution in [0.25, 0.3) is 0 Å². The lowest BCUT2D eigenvalue weighted by Gasteiger charge is -2.11. The third kappa shape index (κ3) is 3.66. The molecule has 0 radical (unpaired) electrons. The van der Waals surface area contributed by atoms with Gasteiger partial charge < -0.3 is 10.1 Å². The van der Waals surface area contributed by atoms with Crippen molar-refractivity contribution >= 4 is 5.69 Å². The number of rotatable bonds is 5. The lowest BCUT2D eigenvalue weighted by atomic mass is 10.1. The van der Waals surface area contributed by atoms with Gasteiger partial charge in [0.15, 0.2) is 0 Å². The Labute approximate surface area is 115 Å². The summed E-state index contributed by atoms with van der Waals surface area (Å²) in [6, 6.07) is 11.1. The van der Waals surface area contributed by atoms with Crippen LogP contribution in [0.4, 0.5) is 18.9 Å². The first-order valence-electron chi connectivity index (χ1n) is 6.09. The Morgan fingerprint density at radius 1 is 1.10 bits per heavy atom. The minimum absolute atomic E-state index is 0.103. The molecule has 0 aliphatic rings. The molecule has 20 heavy (non-hydrogen) atoms. The van der Waals surface area contributed by atoms with Crippen molar-refractivity contribution in [2.45, 2.75) is 20.1 Å². The SMILES string of the molecule is Cc1cccc(F)c1NCc1ccc(OC(F)F)cc1. The second-order valence-corrected chi connectivity index (χ2v) is 4.31. The zero-order chi connectivity index (χ0) is 14.5. The highest BCUT2D eigenvalue weighted by Crippen LogP contribution is 2.20. The van der Waals surface area contributed by atoms with Crippen LogP contribution < -0.4 is 10.1 Å². The lowest BCUT2D eigenvalue weighted by Crippen LogP contribution is -2.04. The number of halogens is 3. The molecular formula is C15H14F3NO. The molecule has 0 aliphatic carbocycles. The second-order valence-electron chi connectivity index (χ2n) is 4.31. The van der Waals surface area contributed by atoms with Gasteiger partial charge in [-0.1, -0.05) is 24.3 Å². The third-order valence-corrected chi connectivity index (χ3v) is 2.84. The van der Waals surface area contributed by atoms with Crippen LogP contribution >= 0.6 is 0 Å². The van der Waals surface area contributed by atoms with Crippen molar-refractivity contribution in [2.75, 3.05) is 5.32 Å². The van der Waals surface area contributed by atoms with Crippen molar-refractivity contribution in [1.29, 1.82) is 0 Å². The van der Waals surface area contributed by atoms with Crippen LogP contribution in [0.3, 0.4) is 0 Å². The average Bonchev–Trinajstić information content (AvgIpc) is 2.39. The normalized spacial score (nSPS) is 10.7. The van der Waals surface area contributed by atoms with Gasteiger partial charge >= 0.3 is 6.61 Å². The quantitative estimate of drug-likeness (QED) is 0.879. The second kappa shape index (κ2) is 6.32. The smallest absolute Gasteiger partial charge is 0.387 e. The minimum Gasteiger partial charge on any atom is -0.435 e. The molecular weight excluding hydrogens is 267 g/mol. The van der Waals surface area contributed by atoms with Gasteiger partial charge in [-0.3, -0.25) is 0 Å². The summed E-state index contributed by atoms with van der Waals surface area (Å²) in [6.07, 6.45) is 0. The topological polar surface area (TPSA) is 21.3 Å². The summed E-state index contributed by atoms with van der Waals surface area (Å²) in [5.74, 6) is -0.214. The first-order valence-corrected chi connectivity index (χ1v) is 6.09. The molecule has 0 bridgehead atoms. The Hall–Kier alpha value is -2.17. The van der Waals surface area contributed by atoms with Gasteiger partial charge in [0.25, 0.3) is 0 Å². The van der Waals surface area contributed by atoms with Crippen LogP contribution in [0.5, 0.6) is 5.75 Å². The van der Waals surface area contributed by atoms with Crippen LogP contribution in [0.15, 0.2) is 42.5 Å². The molecule has 0 aromatic heterocycles. The highest BCUT2D eigenvalue weighted by molar-refractivity contribution is 5.52. The number of anilines is 1. The zero-order valence-corrected chi connectivity index (χ0v) is 10.9. The van der Waals surface area contributed by atoms with Crippen LogP contribution in [0.1, 0.15) is 11.1 Å². The number of ether oxygens (including phenoxy) is 1. The van der Waals surface area contributed by atoms with Crippen LogP contribution in [0.2, 0.25) is 0 Å². The van der Waals surface area contributed by atoms with E-state index in [0.717, 1.165) is 11.1 Å². The maximum Gasteiger partial charge on any atom is 0.387 e. The molecule has 0 saturated heterocycles. The van der Waals surface area contributed by atoms with E-state index in [2.05, 4.69) is 10.1 Å². The van der Waals surface area contributed by atoms with Crippen LogP contribution in [-0.2, 0) is 6.54 Å². The predicted octanol–water partition coefficient (Wildman–Crippen LogP) is 4.35. The predicted molar refractivity (Wildman–Crippen MR) is 71.5 cm³/mol. The van der Waals surface area contributed by atoms with Gasteiger partial charge in [0.05, 0.1) is 5.69 Å². The molecule has 2 nitrogen and oxygen atoms in total. The molecule has 0 atom stereocenters. The average molecular weight is 281 g/mol. The summed E-state index contributed by atoms with van der Waals surface area (Å²) in [7, 11) is 0. The number of para-hydroxylation sites is 1. The molecule has 2 aromatic rings. The van der Waals surface area contributed by atoms with E-state index in [9.17, 15) is 13.2 Å². The molecule has 1 N–H and O–H groups in total. The van der Waals surface area contributed by atoms with Gasteiger partial charge in [-0.05, 0) is 36.2 Å². The van der Waals surface area contributed by atoms with E-state index >= 15 is 0 Å². The van der Waals surface area contributed by atoms with Crippen molar-refractivity contribution in [2.24, 2.45) is 0 Å². The number of alkyl halides is 2. The molecule has 0 aliphatic heterocycles. The number of nitrogens with one attached hydrogen (secondary N) is 1. The molecule has 5 heteroatoms. The first-order chi connectivity index (χ1) is 9.56. The van der Waals surface area contributed by atoms with Gasteiger partial charge in [-0.25, -0.2) is 4.39 Å². The number of aryl methyl sites for hydroxylation is 1. The lowest BCUT2D eigenvalue weighted by molar-refractivity contribution is -0.0498. The number of hydrogen-bond donors (Lipinski definition) is 1. The van der Waals surface area contributed by atoms with E-state index < -0.39 is 6.61 Å². The van der Waals surface area contributed by atoms with Crippen molar-refractivity contribution in [3.63, 3.8) is 0 Å². The van der Waals surface area contributed by atoms with Gasteiger partial charge in [0.1, 0.15) is 11.6 Å². The highest BCUT2D eigenvalue weighted by Gasteiger charge is 2.06. The van der Waals surface area contributed by atoms with E-state index in [1.54, 1.807) is 18.2 Å². The molecule has 106 valence electrons. The molecule has 2 rings (SSSR count). The first kappa shape index (κ1) is 14.2. The molecule has 0 unspecified atom stereocenters. The summed E-state index contributed by atoms with van der Waals surface area (Å²) in [6.45, 7) is -0.623. The fraction of sp³-hybridized carbons (Fsp3) is 0.200. The molecule has 0 heterocycles. The van der Waals surface area contributed by atoms with E-state index in [1.807, 2.05) is 13.0 Å². The highest BCUT2D eigenvalue weighted by atomic mass is 19.3. The Balaban J connectivity index is 2.00. The Kier molecular flexibility index (Phi) is 4.50. The van der Waals surface area contributed by atoms with E-state index in [4.69, 9.17) is 0 Å². The summed E-state index contributed by atoms with van der Waals surface area (Å²) in [4.78, 5) is 0. The van der Waals surface area contributed by atoms with Crippen molar-refractivity contribution < 1.29 is 17.9 Å². The van der Waals surface area contributed by atoms with E-state index in [-0.39, 0.29) is 11.6 Å². The van der Waals surface area contributed by atoms with Crippen molar-refractivity contribution in [3.05, 3.63) is 59.4 Å². The Bertz CT molecular complexity index is 550. The van der Waals surface area contributed by atoms with Gasteiger partial charge in [-0.2, -0.15) is 8.78 Å². The molecule has 0 fully saturated rings. The van der Waals surface area contributed by atoms with Crippen LogP contribution in [0, 0.1) is 12.7 Å². The summed E-state index contributed by atoms with van der Waals surface area (Å²) >= 11 is 0. The molecule has 0 amide bonds. The van der Waals surface area contributed by atoms with Gasteiger partial charge in [0, 0.05) is 6.54 Å². The maximum absolute atomic E-state index is 13.6. The molecule has 0 spiro atoms. The maximum atomic E-state index is 13.6. The number of hydrogen-bond acceptors (Lipinski definition) is 2. The fourth-order valence-electron chi connectivity index (χ4n) is 1.84. The zero-order valence-electron chi connectivity index (χ0n) is 10.9. The molecule has 2 aromatic carbocycles. The summed E-state index contributed by atoms with van der Waals surface area (Å²) < 4.78 is 41.9. The summed E-state index contributed by atoms with van der Waals surface area (Å²) in [5, 5.41) is 2.99. The third-order valence-electron chi connectivity index (χ3n) is 2.84. The Morgan fingerprint density at radius 3 is 2.40 bits per heavy atom. The monoisotopic (exact) mass is 281 g/mol. The Morgan fingerprint density at radius 2 is 1.80 bits per heavy atom. The largest absolute Gasteiger partial charge is 0.435 e. The number of benzene rings is 2. The van der Waals surface area contributed by atoms with Crippen molar-refractivity contribution in [1.82, 2.24) is 0 Å². The molecule has 0 saturated carbocycles. The van der Waals surface area contributed by atoms with Crippen molar-refractivity contribution in [3.8, 4) is 5.75 Å². The fourth-order valence-corrected chi connectivity index (χ4v) is 1.84. The van der Waals surface area contributed by atoms with E-state index in [1.165, 1.54) is 18.2 Å². The standard InChI is InChI=1S/C15H14F3NO/c1-10-3-2-4-13(16)14(10)19-9-11-5-7-12(8-6-11)20-15(17)18/h2-8,15,19H,9H2,1H3. The minimum atomic E-state index is -2.83. The van der Waals surface area contributed by atoms with Gasteiger partial charge in [0.2, 0.25) is 0 Å². The summed E-state index contributed by atoms with van der Waals surface area (Å²) in [5.41, 5.74) is 2.09. The van der Waals surface area contributed by atoms with E-state index in [0.29, 0.717) is 12.2 Å². The van der Waals surface area contributed by atoms with Gasteiger partial charge in [-0.15, -0.1) is 0 Å².